The number of benzene rings is 2. The zero-order valence-corrected chi connectivity index (χ0v) is 14.6. The highest BCUT2D eigenvalue weighted by Crippen LogP contribution is 2.30. The summed E-state index contributed by atoms with van der Waals surface area (Å²) in [5.41, 5.74) is 5.16. The van der Waals surface area contributed by atoms with E-state index in [4.69, 9.17) is 4.74 Å². The minimum atomic E-state index is -0.398. The summed E-state index contributed by atoms with van der Waals surface area (Å²) < 4.78 is 5.83. The van der Waals surface area contributed by atoms with Gasteiger partial charge >= 0.3 is 0 Å². The second-order valence-corrected chi connectivity index (χ2v) is 6.75. The van der Waals surface area contributed by atoms with Gasteiger partial charge in [-0.15, -0.1) is 0 Å². The summed E-state index contributed by atoms with van der Waals surface area (Å²) in [7, 11) is 0. The van der Waals surface area contributed by atoms with Gasteiger partial charge in [0, 0.05) is 0 Å². The van der Waals surface area contributed by atoms with Crippen molar-refractivity contribution in [2.75, 3.05) is 11.6 Å². The number of nitrogens with one attached hydrogen (secondary N) is 1. The highest BCUT2D eigenvalue weighted by Gasteiger charge is 2.34. The van der Waals surface area contributed by atoms with Crippen molar-refractivity contribution in [3.05, 3.63) is 65.2 Å². The molecule has 2 aromatic carbocycles. The van der Waals surface area contributed by atoms with E-state index in [9.17, 15) is 9.59 Å². The Morgan fingerprint density at radius 2 is 1.92 bits per heavy atom. The van der Waals surface area contributed by atoms with E-state index in [1.54, 1.807) is 18.2 Å². The van der Waals surface area contributed by atoms with Gasteiger partial charge in [0.2, 0.25) is 0 Å². The lowest BCUT2D eigenvalue weighted by atomic mass is 10.1. The first kappa shape index (κ1) is 16.4. The van der Waals surface area contributed by atoms with Gasteiger partial charge in [-0.25, -0.2) is 5.01 Å². The number of para-hydroxylation sites is 1. The molecule has 2 amide bonds. The second kappa shape index (κ2) is 6.67. The van der Waals surface area contributed by atoms with E-state index in [0.717, 1.165) is 23.5 Å². The highest BCUT2D eigenvalue weighted by molar-refractivity contribution is 6.31. The topological polar surface area (TPSA) is 58.6 Å². The minimum Gasteiger partial charge on any atom is -0.493 e. The van der Waals surface area contributed by atoms with Crippen LogP contribution in [-0.4, -0.2) is 18.4 Å². The largest absolute Gasteiger partial charge is 0.493 e. The van der Waals surface area contributed by atoms with Crippen molar-refractivity contribution in [1.29, 1.82) is 0 Å². The number of carbonyl (C=O) groups excluding carboxylic acids is 2. The van der Waals surface area contributed by atoms with Gasteiger partial charge in [-0.1, -0.05) is 24.3 Å². The Kier molecular flexibility index (Phi) is 4.21. The molecule has 132 valence electrons. The Balaban J connectivity index is 1.54. The number of hydrazine groups is 1. The van der Waals surface area contributed by atoms with Gasteiger partial charge in [0.05, 0.1) is 12.3 Å². The average molecular weight is 348 g/mol. The molecule has 1 saturated heterocycles. The lowest BCUT2D eigenvalue weighted by molar-refractivity contribution is -0.117. The van der Waals surface area contributed by atoms with E-state index < -0.39 is 5.91 Å². The Morgan fingerprint density at radius 1 is 1.15 bits per heavy atom. The normalized spacial score (nSPS) is 18.3. The first-order valence-corrected chi connectivity index (χ1v) is 8.77. The molecule has 2 fully saturated rings. The first-order valence-electron chi connectivity index (χ1n) is 8.77. The molecule has 0 bridgehead atoms. The third kappa shape index (κ3) is 3.33. The van der Waals surface area contributed by atoms with Crippen LogP contribution in [0.3, 0.4) is 0 Å². The van der Waals surface area contributed by atoms with Crippen LogP contribution in [0.5, 0.6) is 5.75 Å². The number of rotatable bonds is 5. The van der Waals surface area contributed by atoms with Gasteiger partial charge in [-0.2, -0.15) is 0 Å². The van der Waals surface area contributed by atoms with Crippen LogP contribution < -0.4 is 15.2 Å². The van der Waals surface area contributed by atoms with Crippen LogP contribution in [0.4, 0.5) is 5.69 Å². The molecule has 1 saturated carbocycles. The summed E-state index contributed by atoms with van der Waals surface area (Å²) in [5.74, 6) is 0.797. The number of aryl methyl sites for hydroxylation is 1. The van der Waals surface area contributed by atoms with Crippen LogP contribution in [0.25, 0.3) is 6.08 Å². The zero-order valence-electron chi connectivity index (χ0n) is 14.6. The molecular weight excluding hydrogens is 328 g/mol. The van der Waals surface area contributed by atoms with Crippen molar-refractivity contribution in [1.82, 2.24) is 5.43 Å². The van der Waals surface area contributed by atoms with E-state index in [2.05, 4.69) is 5.43 Å². The summed E-state index contributed by atoms with van der Waals surface area (Å²) in [6, 6.07) is 14.7. The summed E-state index contributed by atoms with van der Waals surface area (Å²) in [4.78, 5) is 24.8. The Bertz CT molecular complexity index is 885. The molecule has 0 unspecified atom stereocenters. The number of hydrogen-bond donors (Lipinski definition) is 1. The molecule has 1 aliphatic carbocycles. The first-order chi connectivity index (χ1) is 12.6. The molecule has 2 aliphatic rings. The maximum absolute atomic E-state index is 12.6. The second-order valence-electron chi connectivity index (χ2n) is 6.75. The molecule has 1 aliphatic heterocycles. The summed E-state index contributed by atoms with van der Waals surface area (Å²) >= 11 is 0. The molecule has 0 radical (unpaired) electrons. The van der Waals surface area contributed by atoms with Crippen molar-refractivity contribution in [3.63, 3.8) is 0 Å². The van der Waals surface area contributed by atoms with Crippen LogP contribution in [0.15, 0.2) is 54.1 Å². The molecular formula is C21H20N2O3. The average Bonchev–Trinajstić information content (AvgIpc) is 3.43. The number of ether oxygens (including phenoxy) is 1. The monoisotopic (exact) mass is 348 g/mol. The fourth-order valence-corrected chi connectivity index (χ4v) is 2.90. The lowest BCUT2D eigenvalue weighted by Gasteiger charge is -2.13. The van der Waals surface area contributed by atoms with Crippen molar-refractivity contribution >= 4 is 23.6 Å². The Labute approximate surface area is 152 Å². The maximum atomic E-state index is 12.6. The summed E-state index contributed by atoms with van der Waals surface area (Å²) in [6.07, 6.45) is 4.12. The van der Waals surface area contributed by atoms with E-state index >= 15 is 0 Å². The van der Waals surface area contributed by atoms with Gasteiger partial charge in [0.15, 0.2) is 0 Å². The van der Waals surface area contributed by atoms with Crippen LogP contribution in [0.2, 0.25) is 0 Å². The fourth-order valence-electron chi connectivity index (χ4n) is 2.90. The number of amides is 2. The summed E-state index contributed by atoms with van der Waals surface area (Å²) in [6.45, 7) is 2.73. The van der Waals surface area contributed by atoms with E-state index in [1.165, 1.54) is 17.9 Å². The van der Waals surface area contributed by atoms with Crippen molar-refractivity contribution < 1.29 is 14.3 Å². The molecule has 0 aromatic heterocycles. The Hall–Kier alpha value is -3.08. The van der Waals surface area contributed by atoms with Gasteiger partial charge in [0.25, 0.3) is 11.8 Å². The predicted octanol–water partition coefficient (Wildman–Crippen LogP) is 3.25. The lowest BCUT2D eigenvalue weighted by Crippen LogP contribution is -2.35. The number of nitrogens with zero attached hydrogens (tertiary/aromatic N) is 1. The zero-order chi connectivity index (χ0) is 18.1. The fraction of sp³-hybridized carbons (Fsp3) is 0.238. The quantitative estimate of drug-likeness (QED) is 0.667. The van der Waals surface area contributed by atoms with Crippen molar-refractivity contribution in [2.24, 2.45) is 5.92 Å². The molecule has 1 N–H and O–H groups in total. The molecule has 0 atom stereocenters. The predicted molar refractivity (Wildman–Crippen MR) is 99.4 cm³/mol. The molecule has 4 rings (SSSR count). The SMILES string of the molecule is Cc1cc(/C=C2\C(=O)NN(c3ccccc3)C2=O)ccc1OCC1CC1. The van der Waals surface area contributed by atoms with Crippen LogP contribution in [-0.2, 0) is 9.59 Å². The molecule has 5 heteroatoms. The van der Waals surface area contributed by atoms with Crippen LogP contribution in [0, 0.1) is 12.8 Å². The van der Waals surface area contributed by atoms with Crippen LogP contribution >= 0.6 is 0 Å². The van der Waals surface area contributed by atoms with E-state index in [0.29, 0.717) is 11.6 Å². The molecule has 1 heterocycles. The number of carbonyl (C=O) groups is 2. The standard InChI is InChI=1S/C21H20N2O3/c1-14-11-16(9-10-19(14)26-13-15-7-8-15)12-18-20(24)22-23(21(18)25)17-5-3-2-4-6-17/h2-6,9-12,15H,7-8,13H2,1H3,(H,22,24)/b18-12+. The molecule has 5 nitrogen and oxygen atoms in total. The van der Waals surface area contributed by atoms with Crippen molar-refractivity contribution in [3.8, 4) is 5.75 Å². The third-order valence-electron chi connectivity index (χ3n) is 4.59. The molecule has 2 aromatic rings. The van der Waals surface area contributed by atoms with Gasteiger partial charge in [-0.3, -0.25) is 15.0 Å². The maximum Gasteiger partial charge on any atom is 0.282 e. The number of anilines is 1. The highest BCUT2D eigenvalue weighted by atomic mass is 16.5. The van der Waals surface area contributed by atoms with Gasteiger partial charge < -0.3 is 4.74 Å². The van der Waals surface area contributed by atoms with Crippen molar-refractivity contribution in [2.45, 2.75) is 19.8 Å². The molecule has 0 spiro atoms. The van der Waals surface area contributed by atoms with E-state index in [1.807, 2.05) is 43.3 Å². The third-order valence-corrected chi connectivity index (χ3v) is 4.59. The Morgan fingerprint density at radius 3 is 2.62 bits per heavy atom. The van der Waals surface area contributed by atoms with E-state index in [-0.39, 0.29) is 11.5 Å². The molecule has 26 heavy (non-hydrogen) atoms. The number of hydrogen-bond acceptors (Lipinski definition) is 3. The minimum absolute atomic E-state index is 0.125. The summed E-state index contributed by atoms with van der Waals surface area (Å²) in [5, 5.41) is 1.27. The van der Waals surface area contributed by atoms with Gasteiger partial charge in [0.1, 0.15) is 11.3 Å². The smallest absolute Gasteiger partial charge is 0.282 e. The van der Waals surface area contributed by atoms with Gasteiger partial charge in [-0.05, 0) is 67.2 Å². The van der Waals surface area contributed by atoms with Crippen LogP contribution in [0.1, 0.15) is 24.0 Å².